The first-order chi connectivity index (χ1) is 7.60. The van der Waals surface area contributed by atoms with Gasteiger partial charge < -0.3 is 5.73 Å². The summed E-state index contributed by atoms with van der Waals surface area (Å²) in [5.41, 5.74) is 7.01. The van der Waals surface area contributed by atoms with Crippen LogP contribution in [0.1, 0.15) is 11.6 Å². The molecule has 0 fully saturated rings. The molecule has 1 aromatic carbocycles. The SMILES string of the molecule is C=C/C(F)=C(\C=C)C(N)c1ccc(Cl)cc1. The molecule has 0 saturated heterocycles. The zero-order valence-corrected chi connectivity index (χ0v) is 9.54. The molecule has 0 amide bonds. The average Bonchev–Trinajstić information content (AvgIpc) is 2.30. The third-order valence-electron chi connectivity index (χ3n) is 2.24. The van der Waals surface area contributed by atoms with Crippen LogP contribution >= 0.6 is 11.6 Å². The number of hydrogen-bond donors (Lipinski definition) is 1. The lowest BCUT2D eigenvalue weighted by Crippen LogP contribution is -2.12. The first-order valence-corrected chi connectivity index (χ1v) is 5.13. The summed E-state index contributed by atoms with van der Waals surface area (Å²) in [5, 5.41) is 0.615. The molecule has 0 bridgehead atoms. The van der Waals surface area contributed by atoms with Gasteiger partial charge in [0.2, 0.25) is 0 Å². The normalized spacial score (nSPS) is 13.9. The monoisotopic (exact) mass is 237 g/mol. The van der Waals surface area contributed by atoms with E-state index in [4.69, 9.17) is 17.3 Å². The summed E-state index contributed by atoms with van der Waals surface area (Å²) in [6, 6.07) is 6.37. The predicted molar refractivity (Wildman–Crippen MR) is 66.9 cm³/mol. The summed E-state index contributed by atoms with van der Waals surface area (Å²) >= 11 is 5.76. The molecule has 0 aromatic heterocycles. The molecule has 0 aliphatic carbocycles. The molecule has 0 heterocycles. The molecule has 2 N–H and O–H groups in total. The van der Waals surface area contributed by atoms with Crippen molar-refractivity contribution in [1.29, 1.82) is 0 Å². The van der Waals surface area contributed by atoms with E-state index in [2.05, 4.69) is 13.2 Å². The largest absolute Gasteiger partial charge is 0.320 e. The maximum Gasteiger partial charge on any atom is 0.127 e. The van der Waals surface area contributed by atoms with Crippen molar-refractivity contribution in [2.75, 3.05) is 0 Å². The summed E-state index contributed by atoms with van der Waals surface area (Å²) in [5.74, 6) is -0.461. The molecule has 1 atom stereocenters. The number of benzene rings is 1. The van der Waals surface area contributed by atoms with E-state index in [1.807, 2.05) is 0 Å². The Kier molecular flexibility index (Phi) is 4.47. The van der Waals surface area contributed by atoms with E-state index in [1.54, 1.807) is 24.3 Å². The van der Waals surface area contributed by atoms with Crippen molar-refractivity contribution in [2.45, 2.75) is 6.04 Å². The maximum absolute atomic E-state index is 13.4. The van der Waals surface area contributed by atoms with Crippen molar-refractivity contribution in [1.82, 2.24) is 0 Å². The smallest absolute Gasteiger partial charge is 0.127 e. The summed E-state index contributed by atoms with van der Waals surface area (Å²) in [4.78, 5) is 0. The van der Waals surface area contributed by atoms with Gasteiger partial charge in [-0.15, -0.1) is 0 Å². The molecule has 1 unspecified atom stereocenters. The van der Waals surface area contributed by atoms with Gasteiger partial charge in [-0.1, -0.05) is 43.0 Å². The Labute approximate surface area is 99.7 Å². The number of nitrogens with two attached hydrogens (primary N) is 1. The van der Waals surface area contributed by atoms with Crippen LogP contribution < -0.4 is 5.73 Å². The molecule has 0 spiro atoms. The van der Waals surface area contributed by atoms with Gasteiger partial charge in [0, 0.05) is 10.6 Å². The number of rotatable bonds is 4. The molecule has 16 heavy (non-hydrogen) atoms. The first-order valence-electron chi connectivity index (χ1n) is 4.75. The van der Waals surface area contributed by atoms with Crippen LogP contribution in [-0.4, -0.2) is 0 Å². The minimum absolute atomic E-state index is 0.317. The van der Waals surface area contributed by atoms with Crippen molar-refractivity contribution in [3.63, 3.8) is 0 Å². The Morgan fingerprint density at radius 3 is 2.25 bits per heavy atom. The van der Waals surface area contributed by atoms with Gasteiger partial charge in [0.25, 0.3) is 0 Å². The van der Waals surface area contributed by atoms with Crippen LogP contribution in [0.4, 0.5) is 4.39 Å². The second-order valence-corrected chi connectivity index (χ2v) is 3.68. The summed E-state index contributed by atoms with van der Waals surface area (Å²) in [6.45, 7) is 6.90. The number of halogens is 2. The molecule has 0 radical (unpaired) electrons. The molecule has 1 rings (SSSR count). The Hall–Kier alpha value is -1.38. The van der Waals surface area contributed by atoms with Gasteiger partial charge in [0.15, 0.2) is 0 Å². The van der Waals surface area contributed by atoms with Crippen molar-refractivity contribution in [3.8, 4) is 0 Å². The second kappa shape index (κ2) is 5.64. The van der Waals surface area contributed by atoms with Crippen molar-refractivity contribution in [3.05, 3.63) is 71.6 Å². The van der Waals surface area contributed by atoms with Crippen LogP contribution in [0, 0.1) is 0 Å². The Morgan fingerprint density at radius 1 is 1.25 bits per heavy atom. The lowest BCUT2D eigenvalue weighted by molar-refractivity contribution is 0.641. The third kappa shape index (κ3) is 2.81. The molecular weight excluding hydrogens is 225 g/mol. The topological polar surface area (TPSA) is 26.0 Å². The average molecular weight is 238 g/mol. The van der Waals surface area contributed by atoms with E-state index in [9.17, 15) is 4.39 Å². The Bertz CT molecular complexity index is 420. The first kappa shape index (κ1) is 12.7. The van der Waals surface area contributed by atoms with Gasteiger partial charge in [-0.25, -0.2) is 4.39 Å². The fourth-order valence-corrected chi connectivity index (χ4v) is 1.47. The van der Waals surface area contributed by atoms with E-state index in [0.717, 1.165) is 11.6 Å². The highest BCUT2D eigenvalue weighted by Gasteiger charge is 2.12. The van der Waals surface area contributed by atoms with Crippen LogP contribution in [0.2, 0.25) is 5.02 Å². The molecule has 3 heteroatoms. The lowest BCUT2D eigenvalue weighted by Gasteiger charge is -2.13. The lowest BCUT2D eigenvalue weighted by atomic mass is 9.99. The van der Waals surface area contributed by atoms with E-state index < -0.39 is 11.9 Å². The Morgan fingerprint density at radius 2 is 1.81 bits per heavy atom. The summed E-state index contributed by atoms with van der Waals surface area (Å²) in [6.07, 6.45) is 2.52. The van der Waals surface area contributed by atoms with Crippen LogP contribution in [0.5, 0.6) is 0 Å². The predicted octanol–water partition coefficient (Wildman–Crippen LogP) is 3.94. The zero-order chi connectivity index (χ0) is 12.1. The fraction of sp³-hybridized carbons (Fsp3) is 0.0769. The molecule has 84 valence electrons. The minimum atomic E-state index is -0.562. The van der Waals surface area contributed by atoms with Crippen LogP contribution in [0.25, 0.3) is 0 Å². The molecule has 0 aliphatic rings. The van der Waals surface area contributed by atoms with Crippen LogP contribution in [0.3, 0.4) is 0 Å². The van der Waals surface area contributed by atoms with Gasteiger partial charge in [-0.05, 0) is 23.8 Å². The highest BCUT2D eigenvalue weighted by atomic mass is 35.5. The molecule has 1 nitrogen and oxygen atoms in total. The Balaban J connectivity index is 3.09. The van der Waals surface area contributed by atoms with Gasteiger partial charge in [0.1, 0.15) is 5.83 Å². The molecule has 0 aliphatic heterocycles. The fourth-order valence-electron chi connectivity index (χ4n) is 1.34. The summed E-state index contributed by atoms with van der Waals surface area (Å²) < 4.78 is 13.4. The maximum atomic E-state index is 13.4. The van der Waals surface area contributed by atoms with Gasteiger partial charge in [-0.2, -0.15) is 0 Å². The molecular formula is C13H13ClFN. The minimum Gasteiger partial charge on any atom is -0.320 e. The molecule has 1 aromatic rings. The zero-order valence-electron chi connectivity index (χ0n) is 8.79. The van der Waals surface area contributed by atoms with E-state index in [-0.39, 0.29) is 0 Å². The number of allylic oxidation sites excluding steroid dienone is 2. The highest BCUT2D eigenvalue weighted by Crippen LogP contribution is 2.25. The van der Waals surface area contributed by atoms with Crippen LogP contribution in [-0.2, 0) is 0 Å². The van der Waals surface area contributed by atoms with Gasteiger partial charge >= 0.3 is 0 Å². The van der Waals surface area contributed by atoms with Crippen molar-refractivity contribution >= 4 is 11.6 Å². The van der Waals surface area contributed by atoms with Crippen molar-refractivity contribution < 1.29 is 4.39 Å². The molecule has 0 saturated carbocycles. The standard InChI is InChI=1S/C13H13ClFN/c1-3-11(12(15)4-2)13(16)9-5-7-10(14)8-6-9/h3-8,13H,1-2,16H2/b12-11-. The van der Waals surface area contributed by atoms with Crippen molar-refractivity contribution in [2.24, 2.45) is 5.73 Å². The van der Waals surface area contributed by atoms with Gasteiger partial charge in [-0.3, -0.25) is 0 Å². The van der Waals surface area contributed by atoms with Crippen LogP contribution in [0.15, 0.2) is 61.0 Å². The third-order valence-corrected chi connectivity index (χ3v) is 2.49. The van der Waals surface area contributed by atoms with E-state index >= 15 is 0 Å². The highest BCUT2D eigenvalue weighted by molar-refractivity contribution is 6.30. The second-order valence-electron chi connectivity index (χ2n) is 3.24. The van der Waals surface area contributed by atoms with E-state index in [0.29, 0.717) is 10.6 Å². The number of hydrogen-bond acceptors (Lipinski definition) is 1. The quantitative estimate of drug-likeness (QED) is 0.789. The summed E-state index contributed by atoms with van der Waals surface area (Å²) in [7, 11) is 0. The van der Waals surface area contributed by atoms with Gasteiger partial charge in [0.05, 0.1) is 6.04 Å². The van der Waals surface area contributed by atoms with E-state index in [1.165, 1.54) is 6.08 Å².